The third-order valence-corrected chi connectivity index (χ3v) is 8.79. The second-order valence-electron chi connectivity index (χ2n) is 8.28. The van der Waals surface area contributed by atoms with Crippen molar-refractivity contribution in [1.82, 2.24) is 9.21 Å². The van der Waals surface area contributed by atoms with Crippen molar-refractivity contribution in [3.05, 3.63) is 113 Å². The van der Waals surface area contributed by atoms with Crippen molar-refractivity contribution in [2.45, 2.75) is 10.9 Å². The highest BCUT2D eigenvalue weighted by Crippen LogP contribution is 2.32. The minimum atomic E-state index is -3.57. The lowest BCUT2D eigenvalue weighted by molar-refractivity contribution is 0.156. The van der Waals surface area contributed by atoms with E-state index in [0.29, 0.717) is 31.1 Å². The van der Waals surface area contributed by atoms with Crippen LogP contribution < -0.4 is 0 Å². The van der Waals surface area contributed by atoms with E-state index in [4.69, 9.17) is 0 Å². The molecule has 1 atom stereocenters. The summed E-state index contributed by atoms with van der Waals surface area (Å²) in [4.78, 5) is 2.77. The predicted octanol–water partition coefficient (Wildman–Crippen LogP) is 5.70. The van der Waals surface area contributed by atoms with E-state index in [9.17, 15) is 8.42 Å². The van der Waals surface area contributed by atoms with Crippen LogP contribution in [0.15, 0.2) is 106 Å². The Hall–Kier alpha value is -2.51. The van der Waals surface area contributed by atoms with Crippen LogP contribution in [0.1, 0.15) is 17.2 Å². The van der Waals surface area contributed by atoms with Crippen LogP contribution >= 0.6 is 15.9 Å². The Morgan fingerprint density at radius 1 is 0.667 bits per heavy atom. The molecule has 0 unspecified atom stereocenters. The molecule has 0 N–H and O–H groups in total. The molecule has 0 saturated carbocycles. The number of hydrogen-bond donors (Lipinski definition) is 0. The molecule has 0 bridgehead atoms. The molecule has 4 nitrogen and oxygen atoms in total. The van der Waals surface area contributed by atoms with E-state index in [-0.39, 0.29) is 6.04 Å². The van der Waals surface area contributed by atoms with Crippen molar-refractivity contribution in [2.75, 3.05) is 26.2 Å². The minimum Gasteiger partial charge on any atom is -0.290 e. The number of hydrogen-bond acceptors (Lipinski definition) is 3. The lowest BCUT2D eigenvalue weighted by Crippen LogP contribution is -2.49. The van der Waals surface area contributed by atoms with E-state index in [2.05, 4.69) is 69.4 Å². The van der Waals surface area contributed by atoms with Crippen LogP contribution in [0.3, 0.4) is 0 Å². The van der Waals surface area contributed by atoms with Gasteiger partial charge >= 0.3 is 0 Å². The fraction of sp³-hybridized carbons (Fsp3) is 0.185. The van der Waals surface area contributed by atoms with E-state index in [1.807, 2.05) is 42.5 Å². The third-order valence-electron chi connectivity index (χ3n) is 6.31. The largest absolute Gasteiger partial charge is 0.290 e. The van der Waals surface area contributed by atoms with E-state index in [0.717, 1.165) is 15.2 Å². The fourth-order valence-electron chi connectivity index (χ4n) is 4.66. The first-order valence-corrected chi connectivity index (χ1v) is 13.3. The van der Waals surface area contributed by atoms with Gasteiger partial charge in [0.25, 0.3) is 0 Å². The number of piperazine rings is 1. The normalized spacial score (nSPS) is 16.6. The monoisotopic (exact) mass is 520 g/mol. The summed E-state index contributed by atoms with van der Waals surface area (Å²) in [6.45, 7) is 2.26. The predicted molar refractivity (Wildman–Crippen MR) is 137 cm³/mol. The van der Waals surface area contributed by atoms with Crippen molar-refractivity contribution < 1.29 is 8.42 Å². The first-order valence-electron chi connectivity index (χ1n) is 11.1. The van der Waals surface area contributed by atoms with Crippen molar-refractivity contribution in [1.29, 1.82) is 0 Å². The van der Waals surface area contributed by atoms with Gasteiger partial charge in [0.1, 0.15) is 0 Å². The summed E-state index contributed by atoms with van der Waals surface area (Å²) < 4.78 is 29.8. The van der Waals surface area contributed by atoms with Crippen LogP contribution in [-0.2, 0) is 10.0 Å². The van der Waals surface area contributed by atoms with Gasteiger partial charge in [-0.2, -0.15) is 4.31 Å². The molecular weight excluding hydrogens is 496 g/mol. The number of fused-ring (bicyclic) bond motifs is 1. The molecule has 1 aliphatic rings. The van der Waals surface area contributed by atoms with Gasteiger partial charge in [0.05, 0.1) is 10.9 Å². The molecule has 4 aromatic carbocycles. The van der Waals surface area contributed by atoms with Crippen LogP contribution in [0, 0.1) is 0 Å². The average molecular weight is 521 g/mol. The van der Waals surface area contributed by atoms with Crippen LogP contribution in [0.5, 0.6) is 0 Å². The summed E-state index contributed by atoms with van der Waals surface area (Å²) in [6, 6.07) is 32.1. The summed E-state index contributed by atoms with van der Waals surface area (Å²) in [5.41, 5.74) is 2.42. The molecule has 0 spiro atoms. The Balaban J connectivity index is 1.41. The Labute approximate surface area is 203 Å². The molecule has 6 heteroatoms. The van der Waals surface area contributed by atoms with Gasteiger partial charge in [-0.15, -0.1) is 0 Å². The highest BCUT2D eigenvalue weighted by molar-refractivity contribution is 9.10. The first kappa shape index (κ1) is 22.3. The number of halogens is 1. The van der Waals surface area contributed by atoms with Crippen LogP contribution in [0.4, 0.5) is 0 Å². The number of sulfonamides is 1. The number of rotatable bonds is 5. The van der Waals surface area contributed by atoms with Gasteiger partial charge in [0.2, 0.25) is 10.0 Å². The fourth-order valence-corrected chi connectivity index (χ4v) is 6.56. The van der Waals surface area contributed by atoms with Gasteiger partial charge in [-0.25, -0.2) is 8.42 Å². The molecule has 0 aromatic heterocycles. The molecule has 0 aliphatic carbocycles. The van der Waals surface area contributed by atoms with E-state index in [1.54, 1.807) is 10.4 Å². The zero-order valence-corrected chi connectivity index (χ0v) is 20.5. The van der Waals surface area contributed by atoms with Gasteiger partial charge in [-0.1, -0.05) is 94.8 Å². The SMILES string of the molecule is O=S(=O)(c1cccc2ccccc12)N1CCN([C@H](c2ccccc2)c2ccc(Br)cc2)CC1. The summed E-state index contributed by atoms with van der Waals surface area (Å²) in [6.07, 6.45) is 0. The van der Waals surface area contributed by atoms with Crippen molar-refractivity contribution in [3.63, 3.8) is 0 Å². The zero-order chi connectivity index (χ0) is 22.8. The highest BCUT2D eigenvalue weighted by Gasteiger charge is 2.32. The summed E-state index contributed by atoms with van der Waals surface area (Å²) in [5.74, 6) is 0. The molecule has 1 aliphatic heterocycles. The van der Waals surface area contributed by atoms with Gasteiger partial charge in [-0.05, 0) is 34.7 Å². The Morgan fingerprint density at radius 3 is 2.00 bits per heavy atom. The Morgan fingerprint density at radius 2 is 1.27 bits per heavy atom. The van der Waals surface area contributed by atoms with Gasteiger partial charge < -0.3 is 0 Å². The maximum Gasteiger partial charge on any atom is 0.243 e. The topological polar surface area (TPSA) is 40.6 Å². The molecule has 33 heavy (non-hydrogen) atoms. The van der Waals surface area contributed by atoms with E-state index in [1.165, 1.54) is 11.1 Å². The second-order valence-corrected chi connectivity index (χ2v) is 11.1. The maximum atomic E-state index is 13.6. The Kier molecular flexibility index (Phi) is 6.34. The van der Waals surface area contributed by atoms with Crippen LogP contribution in [0.2, 0.25) is 0 Å². The van der Waals surface area contributed by atoms with Gasteiger partial charge in [-0.3, -0.25) is 4.90 Å². The zero-order valence-electron chi connectivity index (χ0n) is 18.1. The number of benzene rings is 4. The standard InChI is InChI=1S/C27H25BrN2O2S/c28-24-15-13-23(14-16-24)27(22-8-2-1-3-9-22)29-17-19-30(20-18-29)33(31,32)26-12-6-10-21-7-4-5-11-25(21)26/h1-16,27H,17-20H2/t27-/m1/s1. The van der Waals surface area contributed by atoms with Crippen molar-refractivity contribution >= 4 is 36.7 Å². The number of nitrogens with zero attached hydrogens (tertiary/aromatic N) is 2. The molecule has 1 saturated heterocycles. The maximum absolute atomic E-state index is 13.6. The van der Waals surface area contributed by atoms with Crippen LogP contribution in [0.25, 0.3) is 10.8 Å². The second kappa shape index (κ2) is 9.39. The first-order chi connectivity index (χ1) is 16.0. The summed E-state index contributed by atoms with van der Waals surface area (Å²) >= 11 is 3.53. The summed E-state index contributed by atoms with van der Waals surface area (Å²) in [5, 5.41) is 1.72. The quantitative estimate of drug-likeness (QED) is 0.339. The van der Waals surface area contributed by atoms with Crippen molar-refractivity contribution in [2.24, 2.45) is 0 Å². The van der Waals surface area contributed by atoms with Crippen molar-refractivity contribution in [3.8, 4) is 0 Å². The van der Waals surface area contributed by atoms with Gasteiger partial charge in [0, 0.05) is 36.0 Å². The molecule has 1 fully saturated rings. The Bertz CT molecular complexity index is 1340. The molecule has 0 amide bonds. The minimum absolute atomic E-state index is 0.0849. The average Bonchev–Trinajstić information content (AvgIpc) is 2.86. The highest BCUT2D eigenvalue weighted by atomic mass is 79.9. The lowest BCUT2D eigenvalue weighted by Gasteiger charge is -2.39. The molecular formula is C27H25BrN2O2S. The molecule has 168 valence electrons. The molecule has 5 rings (SSSR count). The van der Waals surface area contributed by atoms with E-state index >= 15 is 0 Å². The summed E-state index contributed by atoms with van der Waals surface area (Å²) in [7, 11) is -3.57. The third kappa shape index (κ3) is 4.49. The van der Waals surface area contributed by atoms with Gasteiger partial charge in [0.15, 0.2) is 0 Å². The van der Waals surface area contributed by atoms with E-state index < -0.39 is 10.0 Å². The lowest BCUT2D eigenvalue weighted by atomic mass is 9.96. The molecule has 1 heterocycles. The van der Waals surface area contributed by atoms with Crippen LogP contribution in [-0.4, -0.2) is 43.8 Å². The molecule has 4 aromatic rings. The molecule has 0 radical (unpaired) electrons. The smallest absolute Gasteiger partial charge is 0.243 e.